The van der Waals surface area contributed by atoms with E-state index >= 15 is 0 Å². The lowest BCUT2D eigenvalue weighted by molar-refractivity contribution is -0.139. The van der Waals surface area contributed by atoms with Crippen molar-refractivity contribution in [1.82, 2.24) is 19.9 Å². The Kier molecular flexibility index (Phi) is 28.7. The fraction of sp³-hybridized carbons (Fsp3) is 0.303. The number of carbonyl (C=O) groups excluding carboxylic acids is 1. The van der Waals surface area contributed by atoms with Gasteiger partial charge in [-0.25, -0.2) is 19.9 Å². The van der Waals surface area contributed by atoms with Crippen molar-refractivity contribution in [2.45, 2.75) is 108 Å². The Morgan fingerprint density at radius 2 is 0.930 bits per heavy atom. The summed E-state index contributed by atoms with van der Waals surface area (Å²) in [5.74, 6) is 25.4. The van der Waals surface area contributed by atoms with Crippen LogP contribution >= 0.6 is 0 Å². The molecular weight excluding hydrogens is 1110 g/mol. The van der Waals surface area contributed by atoms with Crippen LogP contribution in [0.2, 0.25) is 0 Å². The van der Waals surface area contributed by atoms with E-state index in [1.165, 1.54) is 24.3 Å². The second kappa shape index (κ2) is 36.8. The molecule has 0 bridgehead atoms. The Labute approximate surface area is 497 Å². The minimum atomic E-state index is -2.87. The lowest BCUT2D eigenvalue weighted by Crippen LogP contribution is -2.28. The Bertz CT molecular complexity index is 3430. The predicted molar refractivity (Wildman–Crippen MR) is 318 cm³/mol. The number of carboxylic acid groups (broad SMARTS) is 1. The van der Waals surface area contributed by atoms with E-state index in [0.29, 0.717) is 41.2 Å². The zero-order chi connectivity index (χ0) is 62.1. The number of alkyl halides is 4. The van der Waals surface area contributed by atoms with Gasteiger partial charge < -0.3 is 51.4 Å². The quantitative estimate of drug-likeness (QED) is 0.0294. The summed E-state index contributed by atoms with van der Waals surface area (Å²) >= 11 is 0. The van der Waals surface area contributed by atoms with Crippen LogP contribution in [0.25, 0.3) is 22.3 Å². The minimum Gasteiger partial charge on any atom is -0.481 e. The van der Waals surface area contributed by atoms with Crippen LogP contribution in [0.4, 0.5) is 40.8 Å². The van der Waals surface area contributed by atoms with Gasteiger partial charge in [-0.05, 0) is 194 Å². The normalized spacial score (nSPS) is 16.0. The van der Waals surface area contributed by atoms with E-state index in [1.807, 2.05) is 12.1 Å². The van der Waals surface area contributed by atoms with Gasteiger partial charge in [-0.15, -0.1) is 6.42 Å². The van der Waals surface area contributed by atoms with Gasteiger partial charge >= 0.3 is 19.2 Å². The fourth-order valence-electron chi connectivity index (χ4n) is 8.51. The Balaban J connectivity index is 0.000000239. The molecule has 0 unspecified atom stereocenters. The van der Waals surface area contributed by atoms with Gasteiger partial charge in [0.25, 0.3) is 0 Å². The Morgan fingerprint density at radius 1 is 0.558 bits per heavy atom. The Hall–Kier alpha value is -9.74. The molecule has 2 heterocycles. The summed E-state index contributed by atoms with van der Waals surface area (Å²) < 4.78 is 57.7. The summed E-state index contributed by atoms with van der Waals surface area (Å²) in [5.41, 5.74) is 11.1. The van der Waals surface area contributed by atoms with Gasteiger partial charge in [-0.2, -0.15) is 17.6 Å². The lowest BCUT2D eigenvalue weighted by Gasteiger charge is -2.26. The van der Waals surface area contributed by atoms with Gasteiger partial charge in [-0.1, -0.05) is 54.5 Å². The molecule has 2 aliphatic rings. The molecule has 8 rings (SSSR count). The molecule has 444 valence electrons. The van der Waals surface area contributed by atoms with E-state index in [0.717, 1.165) is 79.3 Å². The number of hydrogen-bond acceptors (Lipinski definition) is 15. The molecule has 0 saturated heterocycles. The highest BCUT2D eigenvalue weighted by atomic mass is 19.3. The van der Waals surface area contributed by atoms with Crippen molar-refractivity contribution in [1.29, 1.82) is 0 Å². The Morgan fingerprint density at radius 3 is 1.28 bits per heavy atom. The van der Waals surface area contributed by atoms with Crippen molar-refractivity contribution in [2.24, 2.45) is 11.7 Å². The molecule has 0 spiro atoms. The topological polar surface area (TPSA) is 255 Å². The molecule has 0 amide bonds. The number of terminal acetylenes is 1. The molecular formula is C66H63F4N7O9. The van der Waals surface area contributed by atoms with Crippen LogP contribution in [0.1, 0.15) is 87.7 Å². The number of aliphatic carboxylic acids is 1. The SMILES string of the molecule is C#CC#CC#CC#CC#CC#CC.NC1CCC(O)CC1.O=C(CC1CCC(O)CC1)[C@@H](CO)c1ccc(Nc2ncc(-c3ccc(OC(F)F)cc3)cn2)cc1.O=C(O)[C@@H](CO)c1ccc(Nc2ncc(-c3ccc(OC(F)F)cc3)cn2)cc1. The zero-order valence-corrected chi connectivity index (χ0v) is 46.8. The van der Waals surface area contributed by atoms with Crippen LogP contribution in [0, 0.1) is 77.5 Å². The van der Waals surface area contributed by atoms with Crippen LogP contribution in [-0.4, -0.2) is 102 Å². The molecule has 86 heavy (non-hydrogen) atoms. The van der Waals surface area contributed by atoms with Crippen molar-refractivity contribution in [3.05, 3.63) is 133 Å². The summed E-state index contributed by atoms with van der Waals surface area (Å²) in [6.45, 7) is -4.77. The molecule has 9 N–H and O–H groups in total. The van der Waals surface area contributed by atoms with Crippen LogP contribution in [0.5, 0.6) is 11.5 Å². The molecule has 2 saturated carbocycles. The summed E-state index contributed by atoms with van der Waals surface area (Å²) in [6.07, 6.45) is 18.3. The molecule has 2 fully saturated rings. The number of hydrogen-bond donors (Lipinski definition) is 8. The number of Topliss-reactive ketones (excluding diaryl/α,β-unsaturated/α-hetero) is 1. The van der Waals surface area contributed by atoms with Gasteiger partial charge in [0.05, 0.1) is 31.3 Å². The number of carboxylic acids is 1. The molecule has 20 heteroatoms. The molecule has 2 aromatic heterocycles. The highest BCUT2D eigenvalue weighted by Gasteiger charge is 2.27. The van der Waals surface area contributed by atoms with Gasteiger partial charge in [0, 0.05) is 59.8 Å². The monoisotopic (exact) mass is 1170 g/mol. The third kappa shape index (κ3) is 24.2. The molecule has 0 radical (unpaired) electrons. The zero-order valence-electron chi connectivity index (χ0n) is 46.8. The number of aromatic nitrogens is 4. The third-order valence-corrected chi connectivity index (χ3v) is 13.1. The van der Waals surface area contributed by atoms with E-state index in [-0.39, 0.29) is 42.0 Å². The predicted octanol–water partition coefficient (Wildman–Crippen LogP) is 9.63. The van der Waals surface area contributed by atoms with Gasteiger partial charge in [0.15, 0.2) is 0 Å². The summed E-state index contributed by atoms with van der Waals surface area (Å²) in [7, 11) is 0. The highest BCUT2D eigenvalue weighted by Crippen LogP contribution is 2.31. The number of nitrogens with two attached hydrogens (primary N) is 1. The van der Waals surface area contributed by atoms with Crippen LogP contribution < -0.4 is 25.8 Å². The number of nitrogens with zero attached hydrogens (tertiary/aromatic N) is 4. The number of benzene rings is 4. The van der Waals surface area contributed by atoms with Gasteiger partial charge in [0.2, 0.25) is 11.9 Å². The largest absolute Gasteiger partial charge is 0.481 e. The number of carbonyl (C=O) groups is 2. The smallest absolute Gasteiger partial charge is 0.387 e. The maximum atomic E-state index is 12.8. The van der Waals surface area contributed by atoms with E-state index in [4.69, 9.17) is 22.4 Å². The molecule has 4 aromatic carbocycles. The number of rotatable bonds is 18. The first kappa shape index (κ1) is 67.1. The van der Waals surface area contributed by atoms with Gasteiger partial charge in [-0.3, -0.25) is 9.59 Å². The van der Waals surface area contributed by atoms with Crippen molar-refractivity contribution in [3.8, 4) is 105 Å². The van der Waals surface area contributed by atoms with Crippen LogP contribution in [0.3, 0.4) is 0 Å². The highest BCUT2D eigenvalue weighted by molar-refractivity contribution is 5.86. The number of halogens is 4. The number of aliphatic hydroxyl groups excluding tert-OH is 4. The number of anilines is 4. The maximum Gasteiger partial charge on any atom is 0.387 e. The first-order valence-electron chi connectivity index (χ1n) is 27.0. The van der Waals surface area contributed by atoms with Crippen molar-refractivity contribution in [2.75, 3.05) is 23.8 Å². The third-order valence-electron chi connectivity index (χ3n) is 13.1. The molecule has 2 aliphatic carbocycles. The van der Waals surface area contributed by atoms with E-state index in [9.17, 15) is 42.5 Å². The van der Waals surface area contributed by atoms with Crippen molar-refractivity contribution in [3.63, 3.8) is 0 Å². The molecule has 6 aromatic rings. The molecule has 2 atom stereocenters. The molecule has 0 aliphatic heterocycles. The minimum absolute atomic E-state index is 0.0207. The van der Waals surface area contributed by atoms with Crippen LogP contribution in [0.15, 0.2) is 122 Å². The average Bonchev–Trinajstić information content (AvgIpc) is 3.51. The second-order valence-electron chi connectivity index (χ2n) is 19.1. The number of aliphatic hydroxyl groups is 4. The van der Waals surface area contributed by atoms with Crippen molar-refractivity contribution >= 4 is 35.0 Å². The number of ketones is 1. The van der Waals surface area contributed by atoms with E-state index < -0.39 is 37.6 Å². The van der Waals surface area contributed by atoms with E-state index in [1.54, 1.807) is 92.4 Å². The lowest BCUT2D eigenvalue weighted by atomic mass is 9.81. The summed E-state index contributed by atoms with van der Waals surface area (Å²) in [4.78, 5) is 40.9. The standard InChI is InChI=1S/C27H29F2N3O4.C20H17F2N3O4.C13H4.C6H13NO/c28-26(29)36-23-11-5-18(6-12-23)20-14-30-27(31-15-20)32-21-7-3-19(4-8-21)24(16-33)25(35)13-17-1-9-22(34)10-2-17;21-19(22)29-16-7-3-12(4-8-16)14-9-23-20(24-10-14)25-15-5-1-13(2-6-15)17(11-26)18(27)28;1-3-5-7-9-11-13-12-10-8-6-4-2;7-5-1-3-6(8)4-2-5/h3-8,11-12,14-15,17,22,24,26,33-34H,1-2,9-10,13,16H2,(H,30,31,32);1-10,17,19,26H,11H2,(H,27,28)(H,23,24,25);1H,2H3;5-6,8H,1-4,7H2/t17?,22?,24-;17-;;/m00../s1. The van der Waals surface area contributed by atoms with E-state index in [2.05, 4.69) is 105 Å². The second-order valence-corrected chi connectivity index (χ2v) is 19.1. The number of ether oxygens (including phenoxy) is 2. The maximum absolute atomic E-state index is 12.8. The van der Waals surface area contributed by atoms with Crippen LogP contribution in [-0.2, 0) is 9.59 Å². The average molecular weight is 1170 g/mol. The summed E-state index contributed by atoms with van der Waals surface area (Å²) in [5, 5.41) is 52.8. The molecule has 16 nitrogen and oxygen atoms in total. The fourth-order valence-corrected chi connectivity index (χ4v) is 8.51. The summed E-state index contributed by atoms with van der Waals surface area (Å²) in [6, 6.07) is 26.5. The first-order chi connectivity index (χ1) is 41.6. The number of nitrogens with one attached hydrogen (secondary N) is 2. The van der Waals surface area contributed by atoms with Crippen molar-refractivity contribution < 1.29 is 62.2 Å². The van der Waals surface area contributed by atoms with Gasteiger partial charge in [0.1, 0.15) is 23.2 Å². The first-order valence-corrected chi connectivity index (χ1v) is 27.0.